The number of nitro benzene ring substituents is 1. The SMILES string of the molecule is COc1cc([N+](=O)[O-])ccc1N1C(=O)[C@@H]2[C@@H](C1=O)[C@@]1(c3ccccc3)C(=O)[C@@]2(c2ccccc2)C(c2ccccc2)=C1c1ccccc1. The number of rotatable bonds is 7. The molecule has 1 saturated heterocycles. The molecular weight excluding hydrogens is 604 g/mol. The van der Waals surface area contributed by atoms with Crippen molar-refractivity contribution in [1.82, 2.24) is 0 Å². The van der Waals surface area contributed by atoms with E-state index in [1.165, 1.54) is 25.3 Å². The molecule has 0 N–H and O–H groups in total. The molecule has 1 aliphatic heterocycles. The summed E-state index contributed by atoms with van der Waals surface area (Å²) in [5.74, 6) is -3.59. The molecule has 48 heavy (non-hydrogen) atoms. The third-order valence-corrected chi connectivity index (χ3v) is 10.2. The first-order valence-electron chi connectivity index (χ1n) is 15.6. The Hall–Kier alpha value is -6.15. The Morgan fingerprint density at radius 1 is 0.625 bits per heavy atom. The lowest BCUT2D eigenvalue weighted by molar-refractivity contribution is -0.384. The average Bonchev–Trinajstić information content (AvgIpc) is 3.64. The summed E-state index contributed by atoms with van der Waals surface area (Å²) in [6, 6.07) is 41.6. The van der Waals surface area contributed by atoms with Gasteiger partial charge in [-0.25, -0.2) is 4.90 Å². The summed E-state index contributed by atoms with van der Waals surface area (Å²) in [5.41, 5.74) is 0.904. The van der Waals surface area contributed by atoms with Gasteiger partial charge in [-0.3, -0.25) is 24.5 Å². The van der Waals surface area contributed by atoms with Crippen LogP contribution < -0.4 is 9.64 Å². The molecular formula is C40H28N2O6. The van der Waals surface area contributed by atoms with Gasteiger partial charge in [-0.05, 0) is 39.5 Å². The van der Waals surface area contributed by atoms with Crippen molar-refractivity contribution in [2.45, 2.75) is 10.8 Å². The number of nitrogens with zero attached hydrogens (tertiary/aromatic N) is 2. The van der Waals surface area contributed by atoms with Crippen molar-refractivity contribution in [1.29, 1.82) is 0 Å². The third-order valence-electron chi connectivity index (χ3n) is 10.2. The zero-order valence-corrected chi connectivity index (χ0v) is 25.8. The first-order valence-corrected chi connectivity index (χ1v) is 15.6. The fourth-order valence-electron chi connectivity index (χ4n) is 8.54. The number of anilines is 1. The predicted molar refractivity (Wildman–Crippen MR) is 180 cm³/mol. The van der Waals surface area contributed by atoms with Gasteiger partial charge in [-0.15, -0.1) is 0 Å². The van der Waals surface area contributed by atoms with E-state index in [2.05, 4.69) is 0 Å². The van der Waals surface area contributed by atoms with E-state index in [-0.39, 0.29) is 22.9 Å². The minimum absolute atomic E-state index is 0.00611. The topological polar surface area (TPSA) is 107 Å². The molecule has 1 saturated carbocycles. The van der Waals surface area contributed by atoms with Crippen molar-refractivity contribution in [3.63, 3.8) is 0 Å². The fraction of sp³-hybridized carbons (Fsp3) is 0.125. The van der Waals surface area contributed by atoms with Crippen LogP contribution in [0.25, 0.3) is 11.1 Å². The quantitative estimate of drug-likeness (QED) is 0.111. The van der Waals surface area contributed by atoms with E-state index < -0.39 is 39.4 Å². The second-order valence-electron chi connectivity index (χ2n) is 12.2. The maximum atomic E-state index is 15.9. The molecule has 2 fully saturated rings. The number of ether oxygens (including phenoxy) is 1. The first-order chi connectivity index (χ1) is 23.4. The monoisotopic (exact) mass is 632 g/mol. The summed E-state index contributed by atoms with van der Waals surface area (Å²) in [6.07, 6.45) is 0. The second-order valence-corrected chi connectivity index (χ2v) is 12.2. The minimum atomic E-state index is -1.55. The molecule has 2 amide bonds. The van der Waals surface area contributed by atoms with Crippen molar-refractivity contribution in [3.8, 4) is 5.75 Å². The Morgan fingerprint density at radius 2 is 1.04 bits per heavy atom. The van der Waals surface area contributed by atoms with E-state index in [1.54, 1.807) is 0 Å². The summed E-state index contributed by atoms with van der Waals surface area (Å²) < 4.78 is 5.53. The molecule has 5 aromatic carbocycles. The van der Waals surface area contributed by atoms with Crippen LogP contribution in [-0.4, -0.2) is 29.6 Å². The number of Topliss-reactive ketones (excluding diaryl/α,β-unsaturated/α-hetero) is 1. The highest BCUT2D eigenvalue weighted by Crippen LogP contribution is 2.74. The molecule has 2 bridgehead atoms. The van der Waals surface area contributed by atoms with E-state index in [0.29, 0.717) is 22.3 Å². The van der Waals surface area contributed by atoms with Gasteiger partial charge in [-0.2, -0.15) is 0 Å². The molecule has 4 atom stereocenters. The standard InChI is InChI=1S/C40H28N2O6/c1-48-31-24-29(42(46)47)22-23-30(31)41-36(43)34-35(37(41)44)40(28-20-12-5-13-21-28)33(26-16-8-3-9-17-26)32(25-14-6-2-7-15-25)39(34,38(40)45)27-18-10-4-11-19-27/h2-24,34-35H,1H3/t34-,35-,39-,40-/m0/s1. The zero-order chi connectivity index (χ0) is 33.2. The Labute approximate surface area is 276 Å². The lowest BCUT2D eigenvalue weighted by Crippen LogP contribution is -2.45. The van der Waals surface area contributed by atoms with E-state index in [9.17, 15) is 10.1 Å². The van der Waals surface area contributed by atoms with Gasteiger partial charge in [0.1, 0.15) is 5.75 Å². The molecule has 0 spiro atoms. The molecule has 8 rings (SSSR count). The molecule has 0 radical (unpaired) electrons. The first kappa shape index (κ1) is 29.3. The zero-order valence-electron chi connectivity index (χ0n) is 25.8. The average molecular weight is 633 g/mol. The summed E-state index contributed by atoms with van der Waals surface area (Å²) in [5, 5.41) is 11.6. The lowest BCUT2D eigenvalue weighted by atomic mass is 9.59. The molecule has 8 heteroatoms. The molecule has 0 unspecified atom stereocenters. The van der Waals surface area contributed by atoms with E-state index in [1.807, 2.05) is 121 Å². The van der Waals surface area contributed by atoms with Crippen molar-refractivity contribution < 1.29 is 24.0 Å². The number of amides is 2. The predicted octanol–water partition coefficient (Wildman–Crippen LogP) is 6.79. The van der Waals surface area contributed by atoms with Gasteiger partial charge in [0.2, 0.25) is 11.8 Å². The molecule has 2 aliphatic carbocycles. The van der Waals surface area contributed by atoms with Gasteiger partial charge in [-0.1, -0.05) is 121 Å². The Kier molecular flexibility index (Phi) is 6.53. The van der Waals surface area contributed by atoms with Crippen molar-refractivity contribution in [2.24, 2.45) is 11.8 Å². The van der Waals surface area contributed by atoms with Crippen LogP contribution >= 0.6 is 0 Å². The van der Waals surface area contributed by atoms with Gasteiger partial charge < -0.3 is 4.74 Å². The summed E-state index contributed by atoms with van der Waals surface area (Å²) >= 11 is 0. The highest BCUT2D eigenvalue weighted by Gasteiger charge is 2.82. The van der Waals surface area contributed by atoms with Crippen LogP contribution in [0.4, 0.5) is 11.4 Å². The summed E-state index contributed by atoms with van der Waals surface area (Å²) in [4.78, 5) is 58.3. The van der Waals surface area contributed by atoms with Crippen molar-refractivity contribution in [3.05, 3.63) is 172 Å². The Bertz CT molecular complexity index is 2050. The minimum Gasteiger partial charge on any atom is -0.494 e. The Balaban J connectivity index is 1.52. The maximum Gasteiger partial charge on any atom is 0.273 e. The number of non-ortho nitro benzene ring substituents is 1. The van der Waals surface area contributed by atoms with E-state index in [0.717, 1.165) is 16.0 Å². The number of carbonyl (C=O) groups excluding carboxylic acids is 3. The third kappa shape index (κ3) is 3.62. The van der Waals surface area contributed by atoms with Gasteiger partial charge >= 0.3 is 0 Å². The van der Waals surface area contributed by atoms with Crippen molar-refractivity contribution >= 4 is 40.1 Å². The van der Waals surface area contributed by atoms with Crippen molar-refractivity contribution in [2.75, 3.05) is 12.0 Å². The number of ketones is 1. The highest BCUT2D eigenvalue weighted by molar-refractivity contribution is 6.39. The number of imide groups is 1. The molecule has 5 aromatic rings. The van der Waals surface area contributed by atoms with Crippen LogP contribution in [0.5, 0.6) is 5.75 Å². The van der Waals surface area contributed by atoms with Crippen LogP contribution in [-0.2, 0) is 25.2 Å². The lowest BCUT2D eigenvalue weighted by Gasteiger charge is -2.39. The van der Waals surface area contributed by atoms with Gasteiger partial charge in [0, 0.05) is 6.07 Å². The molecule has 0 aromatic heterocycles. The second kappa shape index (κ2) is 10.7. The normalized spacial score (nSPS) is 24.3. The van der Waals surface area contributed by atoms with Crippen LogP contribution in [0.15, 0.2) is 140 Å². The van der Waals surface area contributed by atoms with Gasteiger partial charge in [0.15, 0.2) is 5.78 Å². The number of hydrogen-bond donors (Lipinski definition) is 0. The summed E-state index contributed by atoms with van der Waals surface area (Å²) in [7, 11) is 1.33. The number of methoxy groups -OCH3 is 1. The summed E-state index contributed by atoms with van der Waals surface area (Å²) in [6.45, 7) is 0. The number of carbonyl (C=O) groups is 3. The van der Waals surface area contributed by atoms with Gasteiger partial charge in [0.05, 0.1) is 46.5 Å². The largest absolute Gasteiger partial charge is 0.494 e. The molecule has 3 aliphatic rings. The number of benzene rings is 5. The van der Waals surface area contributed by atoms with E-state index in [4.69, 9.17) is 4.74 Å². The number of allylic oxidation sites excluding steroid dienone is 2. The van der Waals surface area contributed by atoms with Crippen LogP contribution in [0.3, 0.4) is 0 Å². The number of fused-ring (bicyclic) bond motifs is 5. The van der Waals surface area contributed by atoms with Crippen LogP contribution in [0.2, 0.25) is 0 Å². The molecule has 1 heterocycles. The van der Waals surface area contributed by atoms with Crippen LogP contribution in [0.1, 0.15) is 22.3 Å². The Morgan fingerprint density at radius 3 is 1.44 bits per heavy atom. The molecule has 234 valence electrons. The number of nitro groups is 1. The van der Waals surface area contributed by atoms with Crippen LogP contribution in [0, 0.1) is 22.0 Å². The van der Waals surface area contributed by atoms with E-state index >= 15 is 14.4 Å². The molecule has 8 nitrogen and oxygen atoms in total. The maximum absolute atomic E-state index is 15.9. The fourth-order valence-corrected chi connectivity index (χ4v) is 8.54. The van der Waals surface area contributed by atoms with Gasteiger partial charge in [0.25, 0.3) is 5.69 Å². The highest BCUT2D eigenvalue weighted by atomic mass is 16.6. The number of hydrogen-bond acceptors (Lipinski definition) is 6. The smallest absolute Gasteiger partial charge is 0.273 e.